The molecule has 0 spiro atoms. The fraction of sp³-hybridized carbons (Fsp3) is 0.381. The van der Waals surface area contributed by atoms with Crippen LogP contribution in [0.2, 0.25) is 0 Å². The van der Waals surface area contributed by atoms with Crippen molar-refractivity contribution in [2.75, 3.05) is 27.4 Å². The molecule has 0 aliphatic carbocycles. The highest BCUT2D eigenvalue weighted by Crippen LogP contribution is 2.32. The van der Waals surface area contributed by atoms with Gasteiger partial charge in [-0.3, -0.25) is 4.79 Å². The van der Waals surface area contributed by atoms with Gasteiger partial charge in [-0.2, -0.15) is 0 Å². The first-order valence-electron chi connectivity index (χ1n) is 9.09. The van der Waals surface area contributed by atoms with Crippen LogP contribution in [0.4, 0.5) is 0 Å². The second kappa shape index (κ2) is 8.39. The summed E-state index contributed by atoms with van der Waals surface area (Å²) < 4.78 is 15.2. The summed E-state index contributed by atoms with van der Waals surface area (Å²) in [5.74, 6) is -1.26. The molecule has 2 aliphatic rings. The Bertz CT molecular complexity index is 846. The summed E-state index contributed by atoms with van der Waals surface area (Å²) in [7, 11) is 2.60. The molecule has 1 amide bonds. The third-order valence-electron chi connectivity index (χ3n) is 4.95. The van der Waals surface area contributed by atoms with Crippen molar-refractivity contribution in [2.45, 2.75) is 25.9 Å². The zero-order valence-electron chi connectivity index (χ0n) is 16.2. The van der Waals surface area contributed by atoms with E-state index in [1.807, 2.05) is 0 Å². The third-order valence-corrected chi connectivity index (χ3v) is 4.95. The van der Waals surface area contributed by atoms with E-state index >= 15 is 0 Å². The molecule has 1 aromatic rings. The zero-order chi connectivity index (χ0) is 20.3. The summed E-state index contributed by atoms with van der Waals surface area (Å²) in [6, 6.07) is 6.60. The molecule has 0 aromatic heterocycles. The Morgan fingerprint density at radius 1 is 1.18 bits per heavy atom. The number of carbonyl (C=O) groups is 3. The molecule has 2 aliphatic heterocycles. The Morgan fingerprint density at radius 3 is 2.43 bits per heavy atom. The molecule has 1 aromatic carbocycles. The SMILES string of the molecule is COC(=O)C1=C(C)N(C[C@@H]2CCCO2)C(=O)/C1=C\c1ccc(C(=O)OC)cc1. The Hall–Kier alpha value is -2.93. The van der Waals surface area contributed by atoms with Crippen LogP contribution >= 0.6 is 0 Å². The Morgan fingerprint density at radius 2 is 1.86 bits per heavy atom. The van der Waals surface area contributed by atoms with Crippen LogP contribution in [0, 0.1) is 0 Å². The summed E-state index contributed by atoms with van der Waals surface area (Å²) in [4.78, 5) is 38.5. The zero-order valence-corrected chi connectivity index (χ0v) is 16.2. The largest absolute Gasteiger partial charge is 0.465 e. The van der Waals surface area contributed by atoms with E-state index in [4.69, 9.17) is 9.47 Å². The second-order valence-electron chi connectivity index (χ2n) is 6.67. The van der Waals surface area contributed by atoms with E-state index in [1.165, 1.54) is 14.2 Å². The van der Waals surface area contributed by atoms with E-state index in [9.17, 15) is 14.4 Å². The number of hydrogen-bond acceptors (Lipinski definition) is 6. The van der Waals surface area contributed by atoms with Crippen molar-refractivity contribution < 1.29 is 28.6 Å². The minimum absolute atomic E-state index is 0.0310. The molecule has 1 saturated heterocycles. The highest BCUT2D eigenvalue weighted by molar-refractivity contribution is 6.16. The maximum atomic E-state index is 13.0. The predicted octanol–water partition coefficient (Wildman–Crippen LogP) is 2.32. The third kappa shape index (κ3) is 3.84. The summed E-state index contributed by atoms with van der Waals surface area (Å²) in [6.45, 7) is 2.83. The molecule has 2 heterocycles. The second-order valence-corrected chi connectivity index (χ2v) is 6.67. The van der Waals surface area contributed by atoms with Gasteiger partial charge in [-0.05, 0) is 43.5 Å². The van der Waals surface area contributed by atoms with E-state index < -0.39 is 11.9 Å². The molecule has 28 heavy (non-hydrogen) atoms. The number of methoxy groups -OCH3 is 2. The van der Waals surface area contributed by atoms with Gasteiger partial charge in [0.1, 0.15) is 0 Å². The fourth-order valence-corrected chi connectivity index (χ4v) is 3.44. The maximum absolute atomic E-state index is 13.0. The molecule has 3 rings (SSSR count). The molecule has 0 bridgehead atoms. The molecule has 7 heteroatoms. The first-order valence-corrected chi connectivity index (χ1v) is 9.09. The average molecular weight is 385 g/mol. The molecular weight excluding hydrogens is 362 g/mol. The summed E-state index contributed by atoms with van der Waals surface area (Å²) in [5, 5.41) is 0. The first kappa shape index (κ1) is 19.8. The van der Waals surface area contributed by atoms with Gasteiger partial charge in [-0.15, -0.1) is 0 Å². The Kier molecular flexibility index (Phi) is 5.94. The molecule has 0 N–H and O–H groups in total. The number of ether oxygens (including phenoxy) is 3. The minimum Gasteiger partial charge on any atom is -0.465 e. The van der Waals surface area contributed by atoms with Crippen molar-refractivity contribution in [3.05, 3.63) is 52.2 Å². The van der Waals surface area contributed by atoms with Gasteiger partial charge in [-0.25, -0.2) is 9.59 Å². The number of benzene rings is 1. The molecule has 0 saturated carbocycles. The number of carbonyl (C=O) groups excluding carboxylic acids is 3. The normalized spacial score (nSPS) is 20.8. The van der Waals surface area contributed by atoms with Gasteiger partial charge < -0.3 is 19.1 Å². The number of nitrogens with zero attached hydrogens (tertiary/aromatic N) is 1. The van der Waals surface area contributed by atoms with Gasteiger partial charge in [0.15, 0.2) is 0 Å². The number of allylic oxidation sites excluding steroid dienone is 1. The van der Waals surface area contributed by atoms with Crippen LogP contribution in [0.15, 0.2) is 41.1 Å². The van der Waals surface area contributed by atoms with Gasteiger partial charge in [0.25, 0.3) is 5.91 Å². The number of amides is 1. The average Bonchev–Trinajstić information content (AvgIpc) is 3.30. The van der Waals surface area contributed by atoms with Crippen molar-refractivity contribution in [1.82, 2.24) is 4.90 Å². The number of esters is 2. The van der Waals surface area contributed by atoms with E-state index in [0.717, 1.165) is 12.8 Å². The topological polar surface area (TPSA) is 82.1 Å². The lowest BCUT2D eigenvalue weighted by molar-refractivity contribution is -0.136. The lowest BCUT2D eigenvalue weighted by atomic mass is 10.0. The van der Waals surface area contributed by atoms with Crippen LogP contribution in [0.1, 0.15) is 35.7 Å². The van der Waals surface area contributed by atoms with Crippen LogP contribution in [0.3, 0.4) is 0 Å². The number of rotatable bonds is 5. The molecule has 0 unspecified atom stereocenters. The quantitative estimate of drug-likeness (QED) is 0.572. The van der Waals surface area contributed by atoms with Crippen molar-refractivity contribution in [3.63, 3.8) is 0 Å². The van der Waals surface area contributed by atoms with Crippen molar-refractivity contribution >= 4 is 23.9 Å². The first-order chi connectivity index (χ1) is 13.5. The standard InChI is InChI=1S/C21H23NO6/c1-13-18(21(25)27-3)17(19(23)22(13)12-16-5-4-10-28-16)11-14-6-8-15(9-7-14)20(24)26-2/h6-9,11,16H,4-5,10,12H2,1-3H3/b17-11-/t16-/m0/s1. The smallest absolute Gasteiger partial charge is 0.340 e. The Labute approximate surface area is 163 Å². The van der Waals surface area contributed by atoms with E-state index in [0.29, 0.717) is 30.0 Å². The van der Waals surface area contributed by atoms with Crippen molar-refractivity contribution in [1.29, 1.82) is 0 Å². The predicted molar refractivity (Wildman–Crippen MR) is 101 cm³/mol. The van der Waals surface area contributed by atoms with Gasteiger partial charge in [0.05, 0.1) is 43.6 Å². The molecule has 148 valence electrons. The van der Waals surface area contributed by atoms with Crippen molar-refractivity contribution in [2.24, 2.45) is 0 Å². The minimum atomic E-state index is -0.557. The van der Waals surface area contributed by atoms with E-state index in [-0.39, 0.29) is 23.2 Å². The van der Waals surface area contributed by atoms with Crippen LogP contribution in [-0.2, 0) is 23.8 Å². The summed E-state index contributed by atoms with van der Waals surface area (Å²) in [6.07, 6.45) is 3.46. The van der Waals surface area contributed by atoms with Crippen LogP contribution in [-0.4, -0.2) is 56.2 Å². The van der Waals surface area contributed by atoms with Gasteiger partial charge in [-0.1, -0.05) is 12.1 Å². The monoisotopic (exact) mass is 385 g/mol. The Balaban J connectivity index is 1.93. The fourth-order valence-electron chi connectivity index (χ4n) is 3.44. The summed E-state index contributed by atoms with van der Waals surface area (Å²) in [5.41, 5.74) is 2.17. The highest BCUT2D eigenvalue weighted by atomic mass is 16.5. The molecule has 0 radical (unpaired) electrons. The molecular formula is C21H23NO6. The van der Waals surface area contributed by atoms with Gasteiger partial charge in [0.2, 0.25) is 0 Å². The summed E-state index contributed by atoms with van der Waals surface area (Å²) >= 11 is 0. The highest BCUT2D eigenvalue weighted by Gasteiger charge is 2.38. The molecule has 1 fully saturated rings. The number of hydrogen-bond donors (Lipinski definition) is 0. The van der Waals surface area contributed by atoms with Gasteiger partial charge >= 0.3 is 11.9 Å². The van der Waals surface area contributed by atoms with Crippen molar-refractivity contribution in [3.8, 4) is 0 Å². The molecule has 1 atom stereocenters. The van der Waals surface area contributed by atoms with Gasteiger partial charge in [0, 0.05) is 12.3 Å². The van der Waals surface area contributed by atoms with Crippen LogP contribution < -0.4 is 0 Å². The lowest BCUT2D eigenvalue weighted by Crippen LogP contribution is -2.33. The maximum Gasteiger partial charge on any atom is 0.340 e. The molecule has 7 nitrogen and oxygen atoms in total. The van der Waals surface area contributed by atoms with Crippen LogP contribution in [0.5, 0.6) is 0 Å². The van der Waals surface area contributed by atoms with Crippen LogP contribution in [0.25, 0.3) is 6.08 Å². The van der Waals surface area contributed by atoms with E-state index in [1.54, 1.807) is 42.2 Å². The lowest BCUT2D eigenvalue weighted by Gasteiger charge is -2.21. The van der Waals surface area contributed by atoms with E-state index in [2.05, 4.69) is 4.74 Å².